The van der Waals surface area contributed by atoms with Crippen LogP contribution in [0.3, 0.4) is 0 Å². The summed E-state index contributed by atoms with van der Waals surface area (Å²) in [5, 5.41) is 10.8. The number of hydrogen-bond donors (Lipinski definition) is 0. The molecule has 134 valence electrons. The highest BCUT2D eigenvalue weighted by Crippen LogP contribution is 2.22. The summed E-state index contributed by atoms with van der Waals surface area (Å²) >= 11 is 0. The fourth-order valence-corrected chi connectivity index (χ4v) is 2.81. The number of carbonyl (C=O) groups is 3. The number of amides is 2. The summed E-state index contributed by atoms with van der Waals surface area (Å²) in [5.74, 6) is -1.33. The molecule has 3 aromatic rings. The van der Waals surface area contributed by atoms with Gasteiger partial charge in [0, 0.05) is 0 Å². The van der Waals surface area contributed by atoms with Crippen molar-refractivity contribution in [3.63, 3.8) is 0 Å². The molecule has 0 N–H and O–H groups in total. The van der Waals surface area contributed by atoms with E-state index in [1.54, 1.807) is 48.5 Å². The van der Waals surface area contributed by atoms with E-state index >= 15 is 0 Å². The van der Waals surface area contributed by atoms with Gasteiger partial charge in [-0.15, -0.1) is 5.10 Å². The third-order valence-corrected chi connectivity index (χ3v) is 4.12. The number of rotatable bonds is 5. The third kappa shape index (κ3) is 3.06. The molecule has 27 heavy (non-hydrogen) atoms. The summed E-state index contributed by atoms with van der Waals surface area (Å²) in [4.78, 5) is 37.9. The van der Waals surface area contributed by atoms with Crippen molar-refractivity contribution in [2.24, 2.45) is 0 Å². The normalized spacial score (nSPS) is 13.0. The molecule has 0 bridgehead atoms. The Morgan fingerprint density at radius 2 is 1.74 bits per heavy atom. The average molecular weight is 363 g/mol. The molecule has 0 atom stereocenters. The van der Waals surface area contributed by atoms with E-state index in [0.29, 0.717) is 22.4 Å². The van der Waals surface area contributed by atoms with Crippen LogP contribution in [0.4, 0.5) is 0 Å². The van der Waals surface area contributed by atoms with Crippen molar-refractivity contribution in [2.75, 3.05) is 13.2 Å². The molecule has 9 nitrogen and oxygen atoms in total. The fourth-order valence-electron chi connectivity index (χ4n) is 2.81. The number of esters is 1. The van der Waals surface area contributed by atoms with Gasteiger partial charge in [0.15, 0.2) is 0 Å². The van der Waals surface area contributed by atoms with Gasteiger partial charge in [-0.3, -0.25) is 14.5 Å². The summed E-state index contributed by atoms with van der Waals surface area (Å²) in [6.07, 6.45) is 1.41. The van der Waals surface area contributed by atoms with Gasteiger partial charge >= 0.3 is 5.97 Å². The number of imide groups is 1. The second-order valence-electron chi connectivity index (χ2n) is 5.75. The van der Waals surface area contributed by atoms with Gasteiger partial charge in [-0.1, -0.05) is 18.2 Å². The van der Waals surface area contributed by atoms with Crippen LogP contribution in [0.2, 0.25) is 0 Å². The maximum absolute atomic E-state index is 12.3. The summed E-state index contributed by atoms with van der Waals surface area (Å²) in [6.45, 7) is -0.107. The minimum atomic E-state index is -0.568. The van der Waals surface area contributed by atoms with Crippen molar-refractivity contribution in [1.29, 1.82) is 0 Å². The second kappa shape index (κ2) is 6.79. The lowest BCUT2D eigenvalue weighted by atomic mass is 10.1. The van der Waals surface area contributed by atoms with Crippen LogP contribution < -0.4 is 0 Å². The zero-order chi connectivity index (χ0) is 18.8. The van der Waals surface area contributed by atoms with Crippen LogP contribution in [0.1, 0.15) is 31.1 Å². The molecule has 9 heteroatoms. The van der Waals surface area contributed by atoms with Crippen LogP contribution >= 0.6 is 0 Å². The van der Waals surface area contributed by atoms with Crippen molar-refractivity contribution >= 4 is 17.8 Å². The Kier molecular flexibility index (Phi) is 4.17. The highest BCUT2D eigenvalue weighted by Gasteiger charge is 2.34. The van der Waals surface area contributed by atoms with E-state index in [-0.39, 0.29) is 25.0 Å². The average Bonchev–Trinajstić information content (AvgIpc) is 3.32. The van der Waals surface area contributed by atoms with Gasteiger partial charge in [0.25, 0.3) is 11.8 Å². The largest absolute Gasteiger partial charge is 0.460 e. The van der Waals surface area contributed by atoms with Crippen molar-refractivity contribution in [3.8, 4) is 5.69 Å². The highest BCUT2D eigenvalue weighted by molar-refractivity contribution is 6.21. The van der Waals surface area contributed by atoms with E-state index in [0.717, 1.165) is 4.90 Å². The molecule has 0 radical (unpaired) electrons. The predicted molar refractivity (Wildman–Crippen MR) is 91.2 cm³/mol. The Balaban J connectivity index is 1.39. The predicted octanol–water partition coefficient (Wildman–Crippen LogP) is 1.12. The fraction of sp³-hybridized carbons (Fsp3) is 0.111. The van der Waals surface area contributed by atoms with Gasteiger partial charge in [-0.25, -0.2) is 9.48 Å². The van der Waals surface area contributed by atoms with Crippen molar-refractivity contribution in [3.05, 3.63) is 71.5 Å². The zero-order valence-corrected chi connectivity index (χ0v) is 14.0. The number of tetrazole rings is 1. The number of carbonyl (C=O) groups excluding carboxylic acids is 3. The van der Waals surface area contributed by atoms with Gasteiger partial charge in [0.2, 0.25) is 0 Å². The number of benzene rings is 2. The Labute approximate surface area is 153 Å². The molecule has 4 rings (SSSR count). The first-order valence-corrected chi connectivity index (χ1v) is 8.11. The highest BCUT2D eigenvalue weighted by atomic mass is 16.5. The Hall–Kier alpha value is -3.88. The molecule has 1 aliphatic heterocycles. The van der Waals surface area contributed by atoms with E-state index in [1.165, 1.54) is 11.0 Å². The maximum Gasteiger partial charge on any atom is 0.338 e. The van der Waals surface area contributed by atoms with E-state index in [2.05, 4.69) is 15.5 Å². The maximum atomic E-state index is 12.3. The molecule has 2 aromatic carbocycles. The van der Waals surface area contributed by atoms with E-state index in [9.17, 15) is 14.4 Å². The van der Waals surface area contributed by atoms with Crippen LogP contribution in [0, 0.1) is 0 Å². The zero-order valence-electron chi connectivity index (χ0n) is 14.0. The van der Waals surface area contributed by atoms with Gasteiger partial charge < -0.3 is 4.74 Å². The quantitative estimate of drug-likeness (QED) is 0.494. The molecule has 1 aliphatic rings. The molecule has 2 amide bonds. The molecule has 0 spiro atoms. The minimum Gasteiger partial charge on any atom is -0.460 e. The SMILES string of the molecule is O=C(OCCN1C(=O)c2ccccc2C1=O)c1cccc(-n2cnnn2)c1. The van der Waals surface area contributed by atoms with Crippen LogP contribution in [0.15, 0.2) is 54.9 Å². The molecule has 0 unspecified atom stereocenters. The lowest BCUT2D eigenvalue weighted by Gasteiger charge is -2.14. The second-order valence-corrected chi connectivity index (χ2v) is 5.75. The lowest BCUT2D eigenvalue weighted by molar-refractivity contribution is 0.0420. The molecule has 0 fully saturated rings. The standard InChI is InChI=1S/C18H13N5O4/c24-16-14-6-1-2-7-15(14)17(25)22(16)8-9-27-18(26)12-4-3-5-13(10-12)23-11-19-20-21-23/h1-7,10-11H,8-9H2. The first-order chi connectivity index (χ1) is 13.1. The lowest BCUT2D eigenvalue weighted by Crippen LogP contribution is -2.33. The Morgan fingerprint density at radius 3 is 2.41 bits per heavy atom. The Morgan fingerprint density at radius 1 is 1.00 bits per heavy atom. The van der Waals surface area contributed by atoms with Gasteiger partial charge in [-0.2, -0.15) is 0 Å². The smallest absolute Gasteiger partial charge is 0.338 e. The molecule has 0 saturated heterocycles. The number of nitrogens with zero attached hydrogens (tertiary/aromatic N) is 5. The molecule has 1 aromatic heterocycles. The van der Waals surface area contributed by atoms with Crippen LogP contribution in [-0.2, 0) is 4.74 Å². The minimum absolute atomic E-state index is 0.00915. The van der Waals surface area contributed by atoms with E-state index in [4.69, 9.17) is 4.74 Å². The topological polar surface area (TPSA) is 107 Å². The van der Waals surface area contributed by atoms with Crippen molar-refractivity contribution in [2.45, 2.75) is 0 Å². The molecular weight excluding hydrogens is 350 g/mol. The first-order valence-electron chi connectivity index (χ1n) is 8.11. The summed E-state index contributed by atoms with van der Waals surface area (Å²) in [7, 11) is 0. The molecule has 0 saturated carbocycles. The number of ether oxygens (including phenoxy) is 1. The van der Waals surface area contributed by atoms with E-state index in [1.807, 2.05) is 0 Å². The van der Waals surface area contributed by atoms with Crippen LogP contribution in [-0.4, -0.2) is 56.0 Å². The number of fused-ring (bicyclic) bond motifs is 1. The first kappa shape index (κ1) is 16.6. The van der Waals surface area contributed by atoms with Crippen molar-refractivity contribution < 1.29 is 19.1 Å². The van der Waals surface area contributed by atoms with Gasteiger partial charge in [-0.05, 0) is 40.8 Å². The summed E-state index contributed by atoms with van der Waals surface area (Å²) in [6, 6.07) is 13.2. The van der Waals surface area contributed by atoms with E-state index < -0.39 is 5.97 Å². The Bertz CT molecular complexity index is 997. The van der Waals surface area contributed by atoms with Crippen molar-refractivity contribution in [1.82, 2.24) is 25.1 Å². The number of aromatic nitrogens is 4. The van der Waals surface area contributed by atoms with Crippen LogP contribution in [0.25, 0.3) is 5.69 Å². The van der Waals surface area contributed by atoms with Gasteiger partial charge in [0.05, 0.1) is 28.9 Å². The summed E-state index contributed by atoms with van der Waals surface area (Å²) < 4.78 is 6.62. The number of hydrogen-bond acceptors (Lipinski definition) is 7. The molecular formula is C18H13N5O4. The van der Waals surface area contributed by atoms with Gasteiger partial charge in [0.1, 0.15) is 12.9 Å². The molecule has 2 heterocycles. The van der Waals surface area contributed by atoms with Crippen LogP contribution in [0.5, 0.6) is 0 Å². The monoisotopic (exact) mass is 363 g/mol. The third-order valence-electron chi connectivity index (χ3n) is 4.12. The summed E-state index contributed by atoms with van der Waals surface area (Å²) in [5.41, 5.74) is 1.64. The molecule has 0 aliphatic carbocycles.